The summed E-state index contributed by atoms with van der Waals surface area (Å²) in [4.78, 5) is 2.42. The van der Waals surface area contributed by atoms with Gasteiger partial charge in [0.2, 0.25) is 0 Å². The molecule has 0 bridgehead atoms. The van der Waals surface area contributed by atoms with E-state index in [2.05, 4.69) is 23.2 Å². The van der Waals surface area contributed by atoms with E-state index in [0.29, 0.717) is 17.1 Å². The van der Waals surface area contributed by atoms with Gasteiger partial charge in [0.15, 0.2) is 0 Å². The Morgan fingerprint density at radius 1 is 1.44 bits per heavy atom. The summed E-state index contributed by atoms with van der Waals surface area (Å²) in [5, 5.41) is 4.04. The molecule has 1 saturated heterocycles. The van der Waals surface area contributed by atoms with Crippen molar-refractivity contribution in [2.45, 2.75) is 31.8 Å². The van der Waals surface area contributed by atoms with Crippen molar-refractivity contribution in [3.8, 4) is 5.75 Å². The molecule has 4 heteroatoms. The van der Waals surface area contributed by atoms with Crippen molar-refractivity contribution in [2.24, 2.45) is 0 Å². The quantitative estimate of drug-likeness (QED) is 0.912. The Balaban J connectivity index is 2.14. The van der Waals surface area contributed by atoms with E-state index in [4.69, 9.17) is 16.3 Å². The predicted octanol–water partition coefficient (Wildman–Crippen LogP) is 2.93. The zero-order valence-electron chi connectivity index (χ0n) is 11.2. The molecule has 3 nitrogen and oxygen atoms in total. The van der Waals surface area contributed by atoms with E-state index in [1.54, 1.807) is 7.11 Å². The summed E-state index contributed by atoms with van der Waals surface area (Å²) in [5.41, 5.74) is 1.18. The first-order chi connectivity index (χ1) is 8.65. The second-order valence-electron chi connectivity index (χ2n) is 4.87. The number of rotatable bonds is 3. The Morgan fingerprint density at radius 2 is 2.22 bits per heavy atom. The Labute approximate surface area is 114 Å². The third-order valence-electron chi connectivity index (χ3n) is 3.75. The van der Waals surface area contributed by atoms with Crippen LogP contribution in [0.25, 0.3) is 0 Å². The Morgan fingerprint density at radius 3 is 2.78 bits per heavy atom. The molecular formula is C14H21ClN2O. The second kappa shape index (κ2) is 5.81. The standard InChI is InChI=1S/C14H21ClN2O/c1-10-8-11(16-2)6-7-17(10)12-4-5-14(18-3)13(15)9-12/h4-5,9-11,16H,6-8H2,1-3H3. The molecule has 0 saturated carbocycles. The van der Waals surface area contributed by atoms with Gasteiger partial charge in [-0.2, -0.15) is 0 Å². The van der Waals surface area contributed by atoms with Crippen molar-refractivity contribution < 1.29 is 4.74 Å². The van der Waals surface area contributed by atoms with Gasteiger partial charge >= 0.3 is 0 Å². The minimum absolute atomic E-state index is 0.528. The van der Waals surface area contributed by atoms with Crippen molar-refractivity contribution in [1.29, 1.82) is 0 Å². The number of ether oxygens (including phenoxy) is 1. The highest BCUT2D eigenvalue weighted by atomic mass is 35.5. The minimum Gasteiger partial charge on any atom is -0.495 e. The van der Waals surface area contributed by atoms with Crippen LogP contribution in [-0.2, 0) is 0 Å². The van der Waals surface area contributed by atoms with Gasteiger partial charge in [-0.05, 0) is 45.0 Å². The molecule has 1 aromatic rings. The van der Waals surface area contributed by atoms with Crippen LogP contribution in [0.15, 0.2) is 18.2 Å². The molecule has 1 aliphatic heterocycles. The zero-order valence-corrected chi connectivity index (χ0v) is 12.0. The van der Waals surface area contributed by atoms with Gasteiger partial charge in [-0.1, -0.05) is 11.6 Å². The highest BCUT2D eigenvalue weighted by Crippen LogP contribution is 2.32. The lowest BCUT2D eigenvalue weighted by Crippen LogP contribution is -2.46. The van der Waals surface area contributed by atoms with Crippen LogP contribution in [0.4, 0.5) is 5.69 Å². The largest absolute Gasteiger partial charge is 0.495 e. The van der Waals surface area contributed by atoms with Gasteiger partial charge in [-0.15, -0.1) is 0 Å². The average Bonchev–Trinajstić information content (AvgIpc) is 2.38. The molecule has 2 atom stereocenters. The number of nitrogens with one attached hydrogen (secondary N) is 1. The summed E-state index contributed by atoms with van der Waals surface area (Å²) in [6, 6.07) is 7.18. The fraction of sp³-hybridized carbons (Fsp3) is 0.571. The SMILES string of the molecule is CNC1CCN(c2ccc(OC)c(Cl)c2)C(C)C1. The van der Waals surface area contributed by atoms with Crippen molar-refractivity contribution in [2.75, 3.05) is 25.6 Å². The monoisotopic (exact) mass is 268 g/mol. The lowest BCUT2D eigenvalue weighted by molar-refractivity contribution is 0.386. The third kappa shape index (κ3) is 2.73. The van der Waals surface area contributed by atoms with Crippen LogP contribution in [0.1, 0.15) is 19.8 Å². The summed E-state index contributed by atoms with van der Waals surface area (Å²) in [7, 11) is 3.68. The summed E-state index contributed by atoms with van der Waals surface area (Å²) in [6.45, 7) is 3.33. The normalized spacial score (nSPS) is 24.1. The van der Waals surface area contributed by atoms with Crippen LogP contribution in [0.2, 0.25) is 5.02 Å². The third-order valence-corrected chi connectivity index (χ3v) is 4.05. The first kappa shape index (κ1) is 13.5. The van der Waals surface area contributed by atoms with E-state index >= 15 is 0 Å². The number of methoxy groups -OCH3 is 1. The van der Waals surface area contributed by atoms with Crippen molar-refractivity contribution in [1.82, 2.24) is 5.32 Å². The molecule has 0 amide bonds. The molecule has 0 aliphatic carbocycles. The molecule has 100 valence electrons. The molecule has 1 aliphatic rings. The molecule has 1 N–H and O–H groups in total. The number of piperidine rings is 1. The number of nitrogens with zero attached hydrogens (tertiary/aromatic N) is 1. The summed E-state index contributed by atoms with van der Waals surface area (Å²) in [6.07, 6.45) is 2.34. The van der Waals surface area contributed by atoms with Gasteiger partial charge in [-0.3, -0.25) is 0 Å². The van der Waals surface area contributed by atoms with Crippen molar-refractivity contribution in [3.63, 3.8) is 0 Å². The smallest absolute Gasteiger partial charge is 0.137 e. The molecule has 2 rings (SSSR count). The summed E-state index contributed by atoms with van der Waals surface area (Å²) < 4.78 is 5.19. The summed E-state index contributed by atoms with van der Waals surface area (Å²) in [5.74, 6) is 0.734. The minimum atomic E-state index is 0.528. The van der Waals surface area contributed by atoms with E-state index < -0.39 is 0 Å². The van der Waals surface area contributed by atoms with E-state index in [1.165, 1.54) is 18.5 Å². The molecule has 1 fully saturated rings. The van der Waals surface area contributed by atoms with Gasteiger partial charge in [-0.25, -0.2) is 0 Å². The van der Waals surface area contributed by atoms with Crippen LogP contribution in [0.5, 0.6) is 5.75 Å². The van der Waals surface area contributed by atoms with Crippen LogP contribution in [0.3, 0.4) is 0 Å². The maximum absolute atomic E-state index is 6.19. The maximum atomic E-state index is 6.19. The molecule has 18 heavy (non-hydrogen) atoms. The highest BCUT2D eigenvalue weighted by Gasteiger charge is 2.24. The second-order valence-corrected chi connectivity index (χ2v) is 5.28. The van der Waals surface area contributed by atoms with Crippen LogP contribution < -0.4 is 15.0 Å². The molecule has 2 unspecified atom stereocenters. The Kier molecular flexibility index (Phi) is 4.36. The number of hydrogen-bond donors (Lipinski definition) is 1. The molecule has 0 radical (unpaired) electrons. The fourth-order valence-electron chi connectivity index (χ4n) is 2.65. The highest BCUT2D eigenvalue weighted by molar-refractivity contribution is 6.32. The van der Waals surface area contributed by atoms with E-state index in [9.17, 15) is 0 Å². The van der Waals surface area contributed by atoms with Crippen LogP contribution in [0, 0.1) is 0 Å². The van der Waals surface area contributed by atoms with Gasteiger partial charge < -0.3 is 15.0 Å². The van der Waals surface area contributed by atoms with Gasteiger partial charge in [0.25, 0.3) is 0 Å². The average molecular weight is 269 g/mol. The van der Waals surface area contributed by atoms with E-state index in [0.717, 1.165) is 12.3 Å². The van der Waals surface area contributed by atoms with Crippen LogP contribution in [-0.4, -0.2) is 32.8 Å². The number of halogens is 1. The zero-order chi connectivity index (χ0) is 13.1. The van der Waals surface area contributed by atoms with Crippen molar-refractivity contribution >= 4 is 17.3 Å². The van der Waals surface area contributed by atoms with E-state index in [-0.39, 0.29) is 0 Å². The maximum Gasteiger partial charge on any atom is 0.137 e. The molecule has 1 aromatic carbocycles. The Hall–Kier alpha value is -0.930. The Bertz CT molecular complexity index is 411. The number of hydrogen-bond acceptors (Lipinski definition) is 3. The van der Waals surface area contributed by atoms with Gasteiger partial charge in [0, 0.05) is 24.3 Å². The van der Waals surface area contributed by atoms with Crippen LogP contribution >= 0.6 is 11.6 Å². The topological polar surface area (TPSA) is 24.5 Å². The molecular weight excluding hydrogens is 248 g/mol. The lowest BCUT2D eigenvalue weighted by atomic mass is 9.98. The first-order valence-electron chi connectivity index (χ1n) is 6.43. The summed E-state index contributed by atoms with van der Waals surface area (Å²) >= 11 is 6.19. The molecule has 0 aromatic heterocycles. The fourth-order valence-corrected chi connectivity index (χ4v) is 2.90. The molecule has 1 heterocycles. The first-order valence-corrected chi connectivity index (χ1v) is 6.81. The predicted molar refractivity (Wildman–Crippen MR) is 76.9 cm³/mol. The van der Waals surface area contributed by atoms with Gasteiger partial charge in [0.05, 0.1) is 12.1 Å². The van der Waals surface area contributed by atoms with Gasteiger partial charge in [0.1, 0.15) is 5.75 Å². The lowest BCUT2D eigenvalue weighted by Gasteiger charge is -2.39. The number of benzene rings is 1. The number of anilines is 1. The van der Waals surface area contributed by atoms with Crippen molar-refractivity contribution in [3.05, 3.63) is 23.2 Å². The molecule has 0 spiro atoms. The van der Waals surface area contributed by atoms with E-state index in [1.807, 2.05) is 19.2 Å².